The third-order valence-electron chi connectivity index (χ3n) is 2.62. The summed E-state index contributed by atoms with van der Waals surface area (Å²) in [5, 5.41) is 2.69. The minimum Gasteiger partial charge on any atom is -0.351 e. The molecule has 2 N–H and O–H groups in total. The highest BCUT2D eigenvalue weighted by atomic mass is 16.2. The number of carbonyl (C=O) groups is 1. The van der Waals surface area contributed by atoms with E-state index in [1.165, 1.54) is 12.3 Å². The van der Waals surface area contributed by atoms with Crippen LogP contribution in [0.25, 0.3) is 0 Å². The zero-order valence-corrected chi connectivity index (χ0v) is 10.0. The molecule has 0 aromatic carbocycles. The van der Waals surface area contributed by atoms with Crippen LogP contribution in [0.4, 0.5) is 0 Å². The minimum absolute atomic E-state index is 0.123. The molecule has 1 amide bonds. The average molecular weight is 246 g/mol. The van der Waals surface area contributed by atoms with E-state index in [4.69, 9.17) is 0 Å². The smallest absolute Gasteiger partial charge is 0.260 e. The standard InChI is InChI=1S/C12H14N4O2/c1-16-8-7-13-10(16)4-6-15-12(18)9-3-2-5-14-11(9)17/h2-3,5,7-8H,4,6H2,1H3,(H,14,17)(H,15,18). The largest absolute Gasteiger partial charge is 0.351 e. The molecule has 0 spiro atoms. The SMILES string of the molecule is Cn1ccnc1CCNC(=O)c1ccc[nH]c1=O. The highest BCUT2D eigenvalue weighted by Crippen LogP contribution is 1.95. The lowest BCUT2D eigenvalue weighted by atomic mass is 10.2. The van der Waals surface area contributed by atoms with Crippen LogP contribution in [0, 0.1) is 0 Å². The van der Waals surface area contributed by atoms with E-state index in [-0.39, 0.29) is 17.0 Å². The topological polar surface area (TPSA) is 79.8 Å². The molecule has 2 aromatic heterocycles. The number of nitrogens with one attached hydrogen (secondary N) is 2. The molecule has 18 heavy (non-hydrogen) atoms. The molecule has 0 aliphatic heterocycles. The Kier molecular flexibility index (Phi) is 3.57. The van der Waals surface area contributed by atoms with E-state index < -0.39 is 0 Å². The molecule has 0 aliphatic rings. The third kappa shape index (κ3) is 2.65. The zero-order valence-electron chi connectivity index (χ0n) is 10.0. The average Bonchev–Trinajstić information content (AvgIpc) is 2.75. The van der Waals surface area contributed by atoms with Gasteiger partial charge in [0.25, 0.3) is 11.5 Å². The van der Waals surface area contributed by atoms with Crippen molar-refractivity contribution >= 4 is 5.91 Å². The van der Waals surface area contributed by atoms with Crippen LogP contribution in [0.15, 0.2) is 35.5 Å². The van der Waals surface area contributed by atoms with E-state index in [1.807, 2.05) is 17.8 Å². The molecule has 6 heteroatoms. The molecule has 0 atom stereocenters. The summed E-state index contributed by atoms with van der Waals surface area (Å²) in [6, 6.07) is 3.12. The van der Waals surface area contributed by atoms with Crippen molar-refractivity contribution in [3.8, 4) is 0 Å². The van der Waals surface area contributed by atoms with Crippen LogP contribution >= 0.6 is 0 Å². The summed E-state index contributed by atoms with van der Waals surface area (Å²) >= 11 is 0. The van der Waals surface area contributed by atoms with Crippen molar-refractivity contribution in [2.24, 2.45) is 7.05 Å². The Morgan fingerprint density at radius 2 is 2.39 bits per heavy atom. The number of rotatable bonds is 4. The van der Waals surface area contributed by atoms with E-state index in [2.05, 4.69) is 15.3 Å². The Balaban J connectivity index is 1.92. The Morgan fingerprint density at radius 3 is 3.06 bits per heavy atom. The Bertz CT molecular complexity index is 600. The molecule has 0 fully saturated rings. The molecule has 2 aromatic rings. The van der Waals surface area contributed by atoms with Crippen molar-refractivity contribution in [1.29, 1.82) is 0 Å². The second-order valence-electron chi connectivity index (χ2n) is 3.87. The number of amides is 1. The summed E-state index contributed by atoms with van der Waals surface area (Å²) in [5.74, 6) is 0.517. The van der Waals surface area contributed by atoms with Crippen molar-refractivity contribution in [2.45, 2.75) is 6.42 Å². The van der Waals surface area contributed by atoms with Crippen molar-refractivity contribution in [3.05, 3.63) is 52.5 Å². The first kappa shape index (κ1) is 12.1. The highest BCUT2D eigenvalue weighted by Gasteiger charge is 2.09. The van der Waals surface area contributed by atoms with Gasteiger partial charge in [-0.1, -0.05) is 0 Å². The summed E-state index contributed by atoms with van der Waals surface area (Å²) in [5.41, 5.74) is -0.260. The lowest BCUT2D eigenvalue weighted by Crippen LogP contribution is -2.31. The molecule has 0 radical (unpaired) electrons. The molecule has 0 saturated carbocycles. The molecule has 2 rings (SSSR count). The normalized spacial score (nSPS) is 10.3. The number of H-pyrrole nitrogens is 1. The molecule has 94 valence electrons. The molecule has 2 heterocycles. The van der Waals surface area contributed by atoms with Gasteiger partial charge in [-0.3, -0.25) is 9.59 Å². The number of nitrogens with zero attached hydrogens (tertiary/aromatic N) is 2. The van der Waals surface area contributed by atoms with Gasteiger partial charge in [0, 0.05) is 38.6 Å². The molecule has 0 unspecified atom stereocenters. The molecule has 0 saturated heterocycles. The Hall–Kier alpha value is -2.37. The summed E-state index contributed by atoms with van der Waals surface area (Å²) in [7, 11) is 1.89. The van der Waals surface area contributed by atoms with Crippen LogP contribution in [0.2, 0.25) is 0 Å². The molecule has 0 bridgehead atoms. The second-order valence-corrected chi connectivity index (χ2v) is 3.87. The van der Waals surface area contributed by atoms with Gasteiger partial charge < -0.3 is 14.9 Å². The number of aromatic amines is 1. The first-order valence-corrected chi connectivity index (χ1v) is 5.60. The van der Waals surface area contributed by atoms with Gasteiger partial charge in [-0.2, -0.15) is 0 Å². The van der Waals surface area contributed by atoms with Crippen LogP contribution in [0.5, 0.6) is 0 Å². The van der Waals surface area contributed by atoms with Crippen molar-refractivity contribution < 1.29 is 4.79 Å². The number of pyridine rings is 1. The maximum atomic E-state index is 11.7. The predicted octanol–water partition coefficient (Wildman–Crippen LogP) is 0.0809. The number of aryl methyl sites for hydroxylation is 1. The van der Waals surface area contributed by atoms with Crippen LogP contribution in [0.1, 0.15) is 16.2 Å². The summed E-state index contributed by atoms with van der Waals surface area (Å²) in [4.78, 5) is 29.7. The van der Waals surface area contributed by atoms with Crippen molar-refractivity contribution in [1.82, 2.24) is 19.9 Å². The van der Waals surface area contributed by atoms with Crippen LogP contribution in [0.3, 0.4) is 0 Å². The molecule has 6 nitrogen and oxygen atoms in total. The lowest BCUT2D eigenvalue weighted by molar-refractivity contribution is 0.0952. The first-order valence-electron chi connectivity index (χ1n) is 5.60. The minimum atomic E-state index is -0.382. The van der Waals surface area contributed by atoms with Crippen LogP contribution in [-0.4, -0.2) is 27.0 Å². The fourth-order valence-electron chi connectivity index (χ4n) is 1.62. The zero-order chi connectivity index (χ0) is 13.0. The summed E-state index contributed by atoms with van der Waals surface area (Å²) in [6.07, 6.45) is 5.67. The number of aromatic nitrogens is 3. The van der Waals surface area contributed by atoms with Gasteiger partial charge >= 0.3 is 0 Å². The second kappa shape index (κ2) is 5.31. The quantitative estimate of drug-likeness (QED) is 0.801. The van der Waals surface area contributed by atoms with Gasteiger partial charge in [-0.05, 0) is 12.1 Å². The number of hydrogen-bond donors (Lipinski definition) is 2. The van der Waals surface area contributed by atoms with Gasteiger partial charge in [-0.25, -0.2) is 4.98 Å². The van der Waals surface area contributed by atoms with Crippen LogP contribution in [-0.2, 0) is 13.5 Å². The highest BCUT2D eigenvalue weighted by molar-refractivity contribution is 5.93. The van der Waals surface area contributed by atoms with E-state index >= 15 is 0 Å². The van der Waals surface area contributed by atoms with Gasteiger partial charge in [0.2, 0.25) is 0 Å². The Morgan fingerprint density at radius 1 is 1.56 bits per heavy atom. The predicted molar refractivity (Wildman–Crippen MR) is 66.3 cm³/mol. The Labute approximate surface area is 104 Å². The summed E-state index contributed by atoms with van der Waals surface area (Å²) < 4.78 is 1.89. The molecule has 0 aliphatic carbocycles. The summed E-state index contributed by atoms with van der Waals surface area (Å²) in [6.45, 7) is 0.442. The maximum absolute atomic E-state index is 11.7. The van der Waals surface area contributed by atoms with E-state index in [9.17, 15) is 9.59 Å². The first-order chi connectivity index (χ1) is 8.68. The maximum Gasteiger partial charge on any atom is 0.260 e. The van der Waals surface area contributed by atoms with Crippen molar-refractivity contribution in [3.63, 3.8) is 0 Å². The van der Waals surface area contributed by atoms with E-state index in [0.717, 1.165) is 5.82 Å². The monoisotopic (exact) mass is 246 g/mol. The lowest BCUT2D eigenvalue weighted by Gasteiger charge is -2.04. The van der Waals surface area contributed by atoms with E-state index in [0.29, 0.717) is 13.0 Å². The van der Waals surface area contributed by atoms with E-state index in [1.54, 1.807) is 12.3 Å². The number of imidazole rings is 1. The van der Waals surface area contributed by atoms with Gasteiger partial charge in [0.15, 0.2) is 0 Å². The van der Waals surface area contributed by atoms with Gasteiger partial charge in [0.05, 0.1) is 0 Å². The molecular formula is C12H14N4O2. The van der Waals surface area contributed by atoms with Gasteiger partial charge in [0.1, 0.15) is 11.4 Å². The number of carbonyl (C=O) groups excluding carboxylic acids is 1. The van der Waals surface area contributed by atoms with Gasteiger partial charge in [-0.15, -0.1) is 0 Å². The van der Waals surface area contributed by atoms with Crippen LogP contribution < -0.4 is 10.9 Å². The third-order valence-corrected chi connectivity index (χ3v) is 2.62. The molecular weight excluding hydrogens is 232 g/mol. The number of hydrogen-bond acceptors (Lipinski definition) is 3. The fraction of sp³-hybridized carbons (Fsp3) is 0.250. The fourth-order valence-corrected chi connectivity index (χ4v) is 1.62. The van der Waals surface area contributed by atoms with Crippen molar-refractivity contribution in [2.75, 3.05) is 6.54 Å².